The van der Waals surface area contributed by atoms with Crippen LogP contribution in [-0.2, 0) is 6.42 Å². The number of halogens is 1. The number of carbonyl (C=O) groups is 1. The minimum Gasteiger partial charge on any atom is -0.490 e. The van der Waals surface area contributed by atoms with E-state index in [1.807, 2.05) is 25.1 Å². The number of ether oxygens (including phenoxy) is 2. The molecular weight excluding hydrogens is 406 g/mol. The molecule has 1 fully saturated rings. The molecule has 2 aromatic rings. The Hall–Kier alpha value is -2.28. The standard InChI is InChI=1S/C23H26ClNO5/c1-15-2-4-21(19(10-15)22(27)28)29-14-18(26)13-25-8-6-23(7-9-25)12-16-11-17(24)3-5-20(16)30-23/h2-5,10-11,18,26H,6-9,12-14H2,1H3,(H,27,28)/t18-/m1/s1. The van der Waals surface area contributed by atoms with Crippen molar-refractivity contribution in [3.8, 4) is 11.5 Å². The first-order chi connectivity index (χ1) is 14.3. The lowest BCUT2D eigenvalue weighted by Gasteiger charge is -2.39. The molecule has 1 spiro atoms. The molecule has 0 aliphatic carbocycles. The van der Waals surface area contributed by atoms with E-state index in [0.717, 1.165) is 54.3 Å². The maximum Gasteiger partial charge on any atom is 0.339 e. The number of benzene rings is 2. The Bertz CT molecular complexity index is 939. The maximum absolute atomic E-state index is 11.4. The molecule has 4 rings (SSSR count). The third kappa shape index (κ3) is 4.56. The number of aromatic carboxylic acids is 1. The van der Waals surface area contributed by atoms with E-state index in [-0.39, 0.29) is 23.5 Å². The largest absolute Gasteiger partial charge is 0.490 e. The number of aliphatic hydroxyl groups is 1. The Morgan fingerprint density at radius 1 is 1.27 bits per heavy atom. The summed E-state index contributed by atoms with van der Waals surface area (Å²) in [7, 11) is 0. The number of likely N-dealkylation sites (tertiary alicyclic amines) is 1. The number of carboxylic acids is 1. The molecule has 0 radical (unpaired) electrons. The number of β-amino-alcohol motifs (C(OH)–C–C–N with tert-alkyl or cyclic N) is 1. The Kier molecular flexibility index (Phi) is 5.91. The lowest BCUT2D eigenvalue weighted by Crippen LogP contribution is -2.49. The van der Waals surface area contributed by atoms with Crippen LogP contribution >= 0.6 is 11.6 Å². The number of fused-ring (bicyclic) bond motifs is 1. The topological polar surface area (TPSA) is 79.2 Å². The van der Waals surface area contributed by atoms with Crippen molar-refractivity contribution in [2.24, 2.45) is 0 Å². The minimum absolute atomic E-state index is 0.0470. The SMILES string of the molecule is Cc1ccc(OC[C@H](O)CN2CCC3(CC2)Cc2cc(Cl)ccc2O3)c(C(=O)O)c1. The van der Waals surface area contributed by atoms with Gasteiger partial charge in [0.25, 0.3) is 0 Å². The lowest BCUT2D eigenvalue weighted by atomic mass is 9.87. The molecule has 6 nitrogen and oxygen atoms in total. The van der Waals surface area contributed by atoms with Crippen molar-refractivity contribution >= 4 is 17.6 Å². The summed E-state index contributed by atoms with van der Waals surface area (Å²) in [5.41, 5.74) is 1.95. The minimum atomic E-state index is -1.04. The van der Waals surface area contributed by atoms with Crippen LogP contribution in [0.3, 0.4) is 0 Å². The number of aryl methyl sites for hydroxylation is 1. The highest BCUT2D eigenvalue weighted by molar-refractivity contribution is 6.30. The quantitative estimate of drug-likeness (QED) is 0.728. The first kappa shape index (κ1) is 21.0. The molecule has 1 saturated heterocycles. The van der Waals surface area contributed by atoms with Gasteiger partial charge in [-0.2, -0.15) is 0 Å². The van der Waals surface area contributed by atoms with Crippen molar-refractivity contribution < 1.29 is 24.5 Å². The van der Waals surface area contributed by atoms with Gasteiger partial charge in [-0.05, 0) is 42.8 Å². The molecule has 2 aliphatic heterocycles. The molecule has 30 heavy (non-hydrogen) atoms. The zero-order valence-electron chi connectivity index (χ0n) is 16.9. The molecule has 2 aliphatic rings. The molecule has 0 aromatic heterocycles. The zero-order chi connectivity index (χ0) is 21.3. The Balaban J connectivity index is 1.27. The highest BCUT2D eigenvalue weighted by Crippen LogP contribution is 2.41. The first-order valence-electron chi connectivity index (χ1n) is 10.2. The van der Waals surface area contributed by atoms with Crippen LogP contribution in [0.1, 0.15) is 34.3 Å². The highest BCUT2D eigenvalue weighted by Gasteiger charge is 2.42. The van der Waals surface area contributed by atoms with E-state index < -0.39 is 12.1 Å². The van der Waals surface area contributed by atoms with Crippen LogP contribution < -0.4 is 9.47 Å². The predicted molar refractivity (Wildman–Crippen MR) is 114 cm³/mol. The average molecular weight is 432 g/mol. The first-order valence-corrected chi connectivity index (χ1v) is 10.6. The van der Waals surface area contributed by atoms with Gasteiger partial charge in [0.15, 0.2) is 0 Å². The molecule has 0 unspecified atom stereocenters. The number of nitrogens with zero attached hydrogens (tertiary/aromatic N) is 1. The zero-order valence-corrected chi connectivity index (χ0v) is 17.7. The van der Waals surface area contributed by atoms with Gasteiger partial charge in [-0.25, -0.2) is 4.79 Å². The van der Waals surface area contributed by atoms with E-state index in [1.54, 1.807) is 18.2 Å². The summed E-state index contributed by atoms with van der Waals surface area (Å²) >= 11 is 6.10. The van der Waals surface area contributed by atoms with Gasteiger partial charge in [-0.1, -0.05) is 23.2 Å². The Morgan fingerprint density at radius 3 is 2.77 bits per heavy atom. The van der Waals surface area contributed by atoms with Crippen molar-refractivity contribution in [1.29, 1.82) is 0 Å². The molecular formula is C23H26ClNO5. The van der Waals surface area contributed by atoms with Crippen molar-refractivity contribution in [3.05, 3.63) is 58.1 Å². The van der Waals surface area contributed by atoms with Gasteiger partial charge in [0.2, 0.25) is 0 Å². The smallest absolute Gasteiger partial charge is 0.339 e. The lowest BCUT2D eigenvalue weighted by molar-refractivity contribution is -0.00202. The fraction of sp³-hybridized carbons (Fsp3) is 0.435. The fourth-order valence-corrected chi connectivity index (χ4v) is 4.49. The van der Waals surface area contributed by atoms with E-state index in [1.165, 1.54) is 0 Å². The van der Waals surface area contributed by atoms with Crippen LogP contribution in [0, 0.1) is 6.92 Å². The van der Waals surface area contributed by atoms with Crippen LogP contribution in [0.5, 0.6) is 11.5 Å². The maximum atomic E-state index is 11.4. The number of rotatable bonds is 6. The summed E-state index contributed by atoms with van der Waals surface area (Å²) in [5.74, 6) is 0.164. The van der Waals surface area contributed by atoms with Gasteiger partial charge in [-0.3, -0.25) is 0 Å². The summed E-state index contributed by atoms with van der Waals surface area (Å²) in [5, 5.41) is 20.5. The number of hydrogen-bond donors (Lipinski definition) is 2. The molecule has 2 N–H and O–H groups in total. The van der Waals surface area contributed by atoms with E-state index in [0.29, 0.717) is 6.54 Å². The second-order valence-electron chi connectivity index (χ2n) is 8.28. The number of hydrogen-bond acceptors (Lipinski definition) is 5. The fourth-order valence-electron chi connectivity index (χ4n) is 4.30. The monoisotopic (exact) mass is 431 g/mol. The van der Waals surface area contributed by atoms with E-state index in [9.17, 15) is 15.0 Å². The van der Waals surface area contributed by atoms with Crippen molar-refractivity contribution in [3.63, 3.8) is 0 Å². The van der Waals surface area contributed by atoms with Gasteiger partial charge in [0.1, 0.15) is 35.4 Å². The Labute approximate surface area is 181 Å². The van der Waals surface area contributed by atoms with Gasteiger partial charge < -0.3 is 24.6 Å². The summed E-state index contributed by atoms with van der Waals surface area (Å²) in [6.07, 6.45) is 1.93. The summed E-state index contributed by atoms with van der Waals surface area (Å²) in [4.78, 5) is 13.6. The van der Waals surface area contributed by atoms with Crippen LogP contribution in [0.15, 0.2) is 36.4 Å². The molecule has 2 heterocycles. The van der Waals surface area contributed by atoms with E-state index >= 15 is 0 Å². The van der Waals surface area contributed by atoms with E-state index in [2.05, 4.69) is 4.90 Å². The second-order valence-corrected chi connectivity index (χ2v) is 8.72. The molecule has 0 saturated carbocycles. The van der Waals surface area contributed by atoms with Gasteiger partial charge in [0.05, 0.1) is 0 Å². The average Bonchev–Trinajstić information content (AvgIpc) is 3.05. The third-order valence-corrected chi connectivity index (χ3v) is 6.13. The summed E-state index contributed by atoms with van der Waals surface area (Å²) in [6.45, 7) is 4.00. The van der Waals surface area contributed by atoms with Crippen LogP contribution in [0.25, 0.3) is 0 Å². The van der Waals surface area contributed by atoms with Crippen LogP contribution in [0.2, 0.25) is 5.02 Å². The number of carboxylic acid groups (broad SMARTS) is 1. The van der Waals surface area contributed by atoms with Crippen molar-refractivity contribution in [2.75, 3.05) is 26.2 Å². The van der Waals surface area contributed by atoms with Gasteiger partial charge in [0, 0.05) is 43.9 Å². The van der Waals surface area contributed by atoms with E-state index in [4.69, 9.17) is 21.1 Å². The molecule has 2 aromatic carbocycles. The molecule has 1 atom stereocenters. The van der Waals surface area contributed by atoms with Gasteiger partial charge in [-0.15, -0.1) is 0 Å². The second kappa shape index (κ2) is 8.46. The summed E-state index contributed by atoms with van der Waals surface area (Å²) in [6, 6.07) is 10.8. The van der Waals surface area contributed by atoms with Crippen molar-refractivity contribution in [1.82, 2.24) is 4.90 Å². The molecule has 160 valence electrons. The number of aliphatic hydroxyl groups excluding tert-OH is 1. The van der Waals surface area contributed by atoms with Gasteiger partial charge >= 0.3 is 5.97 Å². The van der Waals surface area contributed by atoms with Crippen LogP contribution in [-0.4, -0.2) is 59.0 Å². The molecule has 0 bridgehead atoms. The summed E-state index contributed by atoms with van der Waals surface area (Å²) < 4.78 is 11.9. The Morgan fingerprint density at radius 2 is 2.03 bits per heavy atom. The van der Waals surface area contributed by atoms with Crippen LogP contribution in [0.4, 0.5) is 0 Å². The number of piperidine rings is 1. The molecule has 0 amide bonds. The normalized spacial score (nSPS) is 18.6. The third-order valence-electron chi connectivity index (χ3n) is 5.89. The van der Waals surface area contributed by atoms with Crippen molar-refractivity contribution in [2.45, 2.75) is 37.9 Å². The predicted octanol–water partition coefficient (Wildman–Crippen LogP) is 3.56. The molecule has 7 heteroatoms. The highest BCUT2D eigenvalue weighted by atomic mass is 35.5.